The van der Waals surface area contributed by atoms with Crippen LogP contribution in [0.25, 0.3) is 0 Å². The molecule has 3 rings (SSSR count). The van der Waals surface area contributed by atoms with Crippen LogP contribution in [0.15, 0.2) is 28.2 Å². The molecule has 0 spiro atoms. The molecule has 1 saturated heterocycles. The van der Waals surface area contributed by atoms with Gasteiger partial charge in [-0.1, -0.05) is 0 Å². The van der Waals surface area contributed by atoms with E-state index in [0.717, 1.165) is 30.2 Å². The molecule has 94 valence electrons. The highest BCUT2D eigenvalue weighted by Gasteiger charge is 2.33. The summed E-state index contributed by atoms with van der Waals surface area (Å²) < 4.78 is 5.43. The van der Waals surface area contributed by atoms with Crippen LogP contribution in [-0.2, 0) is 0 Å². The molecule has 4 nitrogen and oxygen atoms in total. The van der Waals surface area contributed by atoms with Crippen LogP contribution in [0.1, 0.15) is 40.1 Å². The van der Waals surface area contributed by atoms with Gasteiger partial charge in [0.2, 0.25) is 0 Å². The zero-order valence-corrected chi connectivity index (χ0v) is 10.9. The Kier molecular flexibility index (Phi) is 2.91. The summed E-state index contributed by atoms with van der Waals surface area (Å²) >= 11 is 1.51. The fraction of sp³-hybridized carbons (Fsp3) is 0.385. The van der Waals surface area contributed by atoms with Crippen molar-refractivity contribution in [3.63, 3.8) is 0 Å². The molecular formula is C13H14N2O2S. The summed E-state index contributed by atoms with van der Waals surface area (Å²) in [5, 5.41) is 2.75. The Morgan fingerprint density at radius 1 is 1.61 bits per heavy atom. The minimum atomic E-state index is 0.0123. The second-order valence-corrected chi connectivity index (χ2v) is 5.49. The Balaban J connectivity index is 1.85. The van der Waals surface area contributed by atoms with E-state index in [2.05, 4.69) is 4.98 Å². The summed E-state index contributed by atoms with van der Waals surface area (Å²) in [5.74, 6) is 0.881. The number of furan rings is 1. The lowest BCUT2D eigenvalue weighted by molar-refractivity contribution is 0.0714. The van der Waals surface area contributed by atoms with Crippen LogP contribution >= 0.6 is 11.3 Å². The first kappa shape index (κ1) is 11.5. The van der Waals surface area contributed by atoms with Crippen LogP contribution in [-0.4, -0.2) is 22.3 Å². The van der Waals surface area contributed by atoms with E-state index in [4.69, 9.17) is 4.42 Å². The predicted octanol–water partition coefficient (Wildman–Crippen LogP) is 3.02. The molecule has 3 heterocycles. The van der Waals surface area contributed by atoms with Crippen LogP contribution in [0.2, 0.25) is 0 Å². The molecule has 0 N–H and O–H groups in total. The molecule has 5 heteroatoms. The van der Waals surface area contributed by atoms with Gasteiger partial charge in [0.25, 0.3) is 5.91 Å². The third-order valence-electron chi connectivity index (χ3n) is 3.22. The van der Waals surface area contributed by atoms with E-state index in [-0.39, 0.29) is 11.9 Å². The van der Waals surface area contributed by atoms with E-state index < -0.39 is 0 Å². The average Bonchev–Trinajstić information content (AvgIpc) is 3.08. The predicted molar refractivity (Wildman–Crippen MR) is 68.6 cm³/mol. The van der Waals surface area contributed by atoms with E-state index in [0.29, 0.717) is 5.69 Å². The first-order valence-electron chi connectivity index (χ1n) is 6.02. The van der Waals surface area contributed by atoms with Crippen molar-refractivity contribution in [3.05, 3.63) is 40.2 Å². The first-order valence-corrected chi connectivity index (χ1v) is 6.90. The summed E-state index contributed by atoms with van der Waals surface area (Å²) in [6.45, 7) is 2.69. The third kappa shape index (κ3) is 1.95. The van der Waals surface area contributed by atoms with E-state index in [1.54, 1.807) is 6.26 Å². The van der Waals surface area contributed by atoms with Gasteiger partial charge >= 0.3 is 0 Å². The zero-order valence-electron chi connectivity index (χ0n) is 10.1. The lowest BCUT2D eigenvalue weighted by Gasteiger charge is -2.22. The van der Waals surface area contributed by atoms with Crippen molar-refractivity contribution in [2.75, 3.05) is 6.54 Å². The van der Waals surface area contributed by atoms with Crippen molar-refractivity contribution in [1.82, 2.24) is 9.88 Å². The van der Waals surface area contributed by atoms with Gasteiger partial charge in [-0.15, -0.1) is 11.3 Å². The molecule has 0 aromatic carbocycles. The quantitative estimate of drug-likeness (QED) is 0.835. The number of rotatable bonds is 2. The number of aryl methyl sites for hydroxylation is 1. The van der Waals surface area contributed by atoms with Crippen molar-refractivity contribution in [1.29, 1.82) is 0 Å². The number of amides is 1. The smallest absolute Gasteiger partial charge is 0.273 e. The largest absolute Gasteiger partial charge is 0.467 e. The molecule has 1 aliphatic rings. The van der Waals surface area contributed by atoms with Crippen LogP contribution in [0.4, 0.5) is 0 Å². The Bertz CT molecular complexity index is 547. The van der Waals surface area contributed by atoms with Gasteiger partial charge in [0.1, 0.15) is 11.5 Å². The van der Waals surface area contributed by atoms with Crippen LogP contribution in [0.5, 0.6) is 0 Å². The van der Waals surface area contributed by atoms with E-state index in [1.165, 1.54) is 11.3 Å². The molecule has 0 aliphatic carbocycles. The highest BCUT2D eigenvalue weighted by Crippen LogP contribution is 2.33. The normalized spacial score (nSPS) is 19.4. The summed E-state index contributed by atoms with van der Waals surface area (Å²) in [5.41, 5.74) is 0.552. The SMILES string of the molecule is Cc1nc(C(=O)N2CCC[C@@H]2c2ccco2)cs1. The molecule has 1 amide bonds. The highest BCUT2D eigenvalue weighted by molar-refractivity contribution is 7.09. The standard InChI is InChI=1S/C13H14N2O2S/c1-9-14-10(8-18-9)13(16)15-6-2-4-11(15)12-5-3-7-17-12/h3,5,7-8,11H,2,4,6H2,1H3/t11-/m1/s1. The Morgan fingerprint density at radius 3 is 3.17 bits per heavy atom. The molecule has 0 unspecified atom stereocenters. The van der Waals surface area contributed by atoms with Gasteiger partial charge in [0, 0.05) is 11.9 Å². The van der Waals surface area contributed by atoms with Crippen LogP contribution in [0.3, 0.4) is 0 Å². The van der Waals surface area contributed by atoms with Crippen molar-refractivity contribution < 1.29 is 9.21 Å². The summed E-state index contributed by atoms with van der Waals surface area (Å²) in [6.07, 6.45) is 3.63. The molecule has 0 bridgehead atoms. The zero-order chi connectivity index (χ0) is 12.5. The lowest BCUT2D eigenvalue weighted by Crippen LogP contribution is -2.30. The molecule has 0 radical (unpaired) electrons. The van der Waals surface area contributed by atoms with Crippen LogP contribution < -0.4 is 0 Å². The Hall–Kier alpha value is -1.62. The minimum Gasteiger partial charge on any atom is -0.467 e. The van der Waals surface area contributed by atoms with Crippen molar-refractivity contribution >= 4 is 17.2 Å². The number of hydrogen-bond acceptors (Lipinski definition) is 4. The lowest BCUT2D eigenvalue weighted by atomic mass is 10.1. The van der Waals surface area contributed by atoms with Gasteiger partial charge in [-0.05, 0) is 31.9 Å². The fourth-order valence-corrected chi connectivity index (χ4v) is 2.98. The number of aromatic nitrogens is 1. The van der Waals surface area contributed by atoms with Gasteiger partial charge in [-0.3, -0.25) is 4.79 Å². The van der Waals surface area contributed by atoms with Crippen molar-refractivity contribution in [2.45, 2.75) is 25.8 Å². The number of likely N-dealkylation sites (tertiary alicyclic amines) is 1. The van der Waals surface area contributed by atoms with E-state index in [1.807, 2.05) is 29.3 Å². The average molecular weight is 262 g/mol. The second-order valence-electron chi connectivity index (χ2n) is 4.42. The molecular weight excluding hydrogens is 248 g/mol. The van der Waals surface area contributed by atoms with Gasteiger partial charge in [0.05, 0.1) is 17.3 Å². The van der Waals surface area contributed by atoms with Crippen molar-refractivity contribution in [3.8, 4) is 0 Å². The molecule has 1 atom stereocenters. The Labute approximate surface area is 109 Å². The van der Waals surface area contributed by atoms with Gasteiger partial charge in [0.15, 0.2) is 0 Å². The highest BCUT2D eigenvalue weighted by atomic mass is 32.1. The van der Waals surface area contributed by atoms with E-state index >= 15 is 0 Å². The number of carbonyl (C=O) groups is 1. The maximum Gasteiger partial charge on any atom is 0.273 e. The second kappa shape index (κ2) is 4.57. The van der Waals surface area contributed by atoms with Gasteiger partial charge in [-0.2, -0.15) is 0 Å². The van der Waals surface area contributed by atoms with E-state index in [9.17, 15) is 4.79 Å². The molecule has 18 heavy (non-hydrogen) atoms. The summed E-state index contributed by atoms with van der Waals surface area (Å²) in [6, 6.07) is 3.86. The third-order valence-corrected chi connectivity index (χ3v) is 4.00. The van der Waals surface area contributed by atoms with Crippen molar-refractivity contribution in [2.24, 2.45) is 0 Å². The molecule has 2 aromatic heterocycles. The molecule has 1 fully saturated rings. The maximum absolute atomic E-state index is 12.4. The summed E-state index contributed by atoms with van der Waals surface area (Å²) in [4.78, 5) is 18.5. The summed E-state index contributed by atoms with van der Waals surface area (Å²) in [7, 11) is 0. The number of hydrogen-bond donors (Lipinski definition) is 0. The monoisotopic (exact) mass is 262 g/mol. The van der Waals surface area contributed by atoms with Crippen LogP contribution in [0, 0.1) is 6.92 Å². The first-order chi connectivity index (χ1) is 8.75. The molecule has 2 aromatic rings. The number of carbonyl (C=O) groups excluding carboxylic acids is 1. The topological polar surface area (TPSA) is 46.3 Å². The number of nitrogens with zero attached hydrogens (tertiary/aromatic N) is 2. The van der Waals surface area contributed by atoms with Gasteiger partial charge in [-0.25, -0.2) is 4.98 Å². The maximum atomic E-state index is 12.4. The van der Waals surface area contributed by atoms with Gasteiger partial charge < -0.3 is 9.32 Å². The minimum absolute atomic E-state index is 0.0123. The number of thiazole rings is 1. The fourth-order valence-electron chi connectivity index (χ4n) is 2.40. The molecule has 1 aliphatic heterocycles. The molecule has 0 saturated carbocycles. The Morgan fingerprint density at radius 2 is 2.50 bits per heavy atom.